The summed E-state index contributed by atoms with van der Waals surface area (Å²) in [6.45, 7) is 8.96. The van der Waals surface area contributed by atoms with Gasteiger partial charge in [0, 0.05) is 23.1 Å². The summed E-state index contributed by atoms with van der Waals surface area (Å²) in [5.41, 5.74) is 0.990. The normalized spacial score (nSPS) is 23.5. The van der Waals surface area contributed by atoms with Gasteiger partial charge in [-0.15, -0.1) is 0 Å². The zero-order valence-corrected chi connectivity index (χ0v) is 16.9. The molecule has 3 nitrogen and oxygen atoms in total. The molecule has 0 amide bonds. The highest BCUT2D eigenvalue weighted by atomic mass is 16.5. The van der Waals surface area contributed by atoms with Gasteiger partial charge in [-0.1, -0.05) is 6.42 Å². The molecule has 0 bridgehead atoms. The van der Waals surface area contributed by atoms with E-state index >= 15 is 0 Å². The third-order valence-corrected chi connectivity index (χ3v) is 5.78. The fraction of sp³-hybridized carbons (Fsp3) is 0.696. The van der Waals surface area contributed by atoms with E-state index in [-0.39, 0.29) is 16.9 Å². The molecule has 0 spiro atoms. The standard InChI is InChI=1S/C23H35NO2/c1-22(2)15-17(16-23(3,4)24-22)14-21(25)18-10-12-20(13-11-18)26-19-8-6-5-7-9-19/h10-13,17,19,24H,5-9,14-16H2,1-4H3. The lowest BCUT2D eigenvalue weighted by Crippen LogP contribution is -2.57. The SMILES string of the molecule is CC1(C)CC(CC(=O)c2ccc(OC3CCCCC3)cc2)CC(C)(C)N1. The van der Waals surface area contributed by atoms with Crippen LogP contribution in [0.4, 0.5) is 0 Å². The first kappa shape index (κ1) is 19.4. The van der Waals surface area contributed by atoms with E-state index in [1.54, 1.807) is 0 Å². The molecule has 2 aliphatic rings. The van der Waals surface area contributed by atoms with Crippen LogP contribution in [0.2, 0.25) is 0 Å². The lowest BCUT2D eigenvalue weighted by molar-refractivity contribution is 0.0864. The number of nitrogens with one attached hydrogen (secondary N) is 1. The highest BCUT2D eigenvalue weighted by molar-refractivity contribution is 5.96. The topological polar surface area (TPSA) is 38.3 Å². The second-order valence-electron chi connectivity index (χ2n) is 9.70. The van der Waals surface area contributed by atoms with E-state index in [4.69, 9.17) is 4.74 Å². The number of ether oxygens (including phenoxy) is 1. The number of piperidine rings is 1. The maximum absolute atomic E-state index is 12.8. The molecule has 1 aliphatic carbocycles. The average Bonchev–Trinajstić information content (AvgIpc) is 2.53. The lowest BCUT2D eigenvalue weighted by Gasteiger charge is -2.46. The summed E-state index contributed by atoms with van der Waals surface area (Å²) in [7, 11) is 0. The van der Waals surface area contributed by atoms with Crippen molar-refractivity contribution >= 4 is 5.78 Å². The minimum Gasteiger partial charge on any atom is -0.490 e. The molecule has 1 aliphatic heterocycles. The summed E-state index contributed by atoms with van der Waals surface area (Å²) in [6.07, 6.45) is 9.26. The molecule has 0 radical (unpaired) electrons. The number of Topliss-reactive ketones (excluding diaryl/α,β-unsaturated/α-hetero) is 1. The van der Waals surface area contributed by atoms with Gasteiger partial charge in [-0.2, -0.15) is 0 Å². The van der Waals surface area contributed by atoms with Gasteiger partial charge >= 0.3 is 0 Å². The molecule has 26 heavy (non-hydrogen) atoms. The lowest BCUT2D eigenvalue weighted by atomic mass is 9.74. The van der Waals surface area contributed by atoms with Crippen molar-refractivity contribution in [3.63, 3.8) is 0 Å². The number of carbonyl (C=O) groups is 1. The summed E-state index contributed by atoms with van der Waals surface area (Å²) < 4.78 is 6.08. The number of hydrogen-bond acceptors (Lipinski definition) is 3. The van der Waals surface area contributed by atoms with E-state index in [1.807, 2.05) is 24.3 Å². The van der Waals surface area contributed by atoms with Gasteiger partial charge in [0.05, 0.1) is 6.10 Å². The molecular weight excluding hydrogens is 322 g/mol. The second-order valence-corrected chi connectivity index (χ2v) is 9.70. The quantitative estimate of drug-likeness (QED) is 0.704. The smallest absolute Gasteiger partial charge is 0.163 e. The van der Waals surface area contributed by atoms with E-state index < -0.39 is 0 Å². The predicted molar refractivity (Wildman–Crippen MR) is 107 cm³/mol. The van der Waals surface area contributed by atoms with Crippen LogP contribution >= 0.6 is 0 Å². The van der Waals surface area contributed by atoms with Crippen LogP contribution < -0.4 is 10.1 Å². The molecule has 1 heterocycles. The van der Waals surface area contributed by atoms with Crippen LogP contribution in [0.1, 0.15) is 89.4 Å². The van der Waals surface area contributed by atoms with Crippen molar-refractivity contribution in [3.05, 3.63) is 29.8 Å². The Morgan fingerprint density at radius 2 is 1.58 bits per heavy atom. The van der Waals surface area contributed by atoms with Crippen LogP contribution in [-0.2, 0) is 0 Å². The first-order chi connectivity index (χ1) is 12.2. The molecule has 1 aromatic rings. The predicted octanol–water partition coefficient (Wildman–Crippen LogP) is 5.53. The van der Waals surface area contributed by atoms with Crippen LogP contribution in [0, 0.1) is 5.92 Å². The van der Waals surface area contributed by atoms with Crippen molar-refractivity contribution in [1.82, 2.24) is 5.32 Å². The Labute approximate surface area is 158 Å². The van der Waals surface area contributed by atoms with Crippen LogP contribution in [0.25, 0.3) is 0 Å². The average molecular weight is 358 g/mol. The zero-order chi connectivity index (χ0) is 18.8. The Balaban J connectivity index is 1.57. The Morgan fingerprint density at radius 3 is 2.15 bits per heavy atom. The van der Waals surface area contributed by atoms with Gasteiger partial charge in [0.15, 0.2) is 5.78 Å². The number of benzene rings is 1. The molecule has 2 fully saturated rings. The van der Waals surface area contributed by atoms with Crippen molar-refractivity contribution in [2.75, 3.05) is 0 Å². The molecule has 1 N–H and O–H groups in total. The van der Waals surface area contributed by atoms with Crippen molar-refractivity contribution < 1.29 is 9.53 Å². The van der Waals surface area contributed by atoms with Gasteiger partial charge in [-0.25, -0.2) is 0 Å². The van der Waals surface area contributed by atoms with Crippen molar-refractivity contribution in [2.45, 2.75) is 96.2 Å². The number of carbonyl (C=O) groups excluding carboxylic acids is 1. The molecule has 0 atom stereocenters. The zero-order valence-electron chi connectivity index (χ0n) is 16.9. The molecule has 1 aromatic carbocycles. The molecular formula is C23H35NO2. The summed E-state index contributed by atoms with van der Waals surface area (Å²) >= 11 is 0. The fourth-order valence-electron chi connectivity index (χ4n) is 5.15. The van der Waals surface area contributed by atoms with E-state index in [0.29, 0.717) is 18.4 Å². The molecule has 1 saturated heterocycles. The molecule has 1 saturated carbocycles. The molecule has 3 heteroatoms. The van der Waals surface area contributed by atoms with E-state index in [0.717, 1.165) is 37.0 Å². The van der Waals surface area contributed by atoms with Crippen LogP contribution in [0.15, 0.2) is 24.3 Å². The van der Waals surface area contributed by atoms with Crippen LogP contribution in [-0.4, -0.2) is 23.0 Å². The summed E-state index contributed by atoms with van der Waals surface area (Å²) in [6, 6.07) is 7.83. The first-order valence-electron chi connectivity index (χ1n) is 10.3. The minimum atomic E-state index is 0.0877. The number of rotatable bonds is 5. The minimum absolute atomic E-state index is 0.0877. The summed E-state index contributed by atoms with van der Waals surface area (Å²) in [5, 5.41) is 3.69. The highest BCUT2D eigenvalue weighted by Gasteiger charge is 2.38. The third kappa shape index (κ3) is 5.33. The summed E-state index contributed by atoms with van der Waals surface area (Å²) in [4.78, 5) is 12.8. The fourth-order valence-corrected chi connectivity index (χ4v) is 5.15. The largest absolute Gasteiger partial charge is 0.490 e. The van der Waals surface area contributed by atoms with Gasteiger partial charge in [-0.05, 0) is 96.4 Å². The Morgan fingerprint density at radius 1 is 1.00 bits per heavy atom. The monoisotopic (exact) mass is 357 g/mol. The van der Waals surface area contributed by atoms with Gasteiger partial charge in [0.1, 0.15) is 5.75 Å². The second kappa shape index (κ2) is 7.72. The number of ketones is 1. The summed E-state index contributed by atoms with van der Waals surface area (Å²) in [5.74, 6) is 1.59. The van der Waals surface area contributed by atoms with Crippen LogP contribution in [0.3, 0.4) is 0 Å². The third-order valence-electron chi connectivity index (χ3n) is 5.78. The van der Waals surface area contributed by atoms with Crippen molar-refractivity contribution in [1.29, 1.82) is 0 Å². The van der Waals surface area contributed by atoms with Gasteiger partial charge in [-0.3, -0.25) is 4.79 Å². The molecule has 144 valence electrons. The van der Waals surface area contributed by atoms with Crippen molar-refractivity contribution in [3.8, 4) is 5.75 Å². The molecule has 0 aromatic heterocycles. The Bertz CT molecular complexity index is 596. The number of hydrogen-bond donors (Lipinski definition) is 1. The maximum Gasteiger partial charge on any atom is 0.163 e. The van der Waals surface area contributed by atoms with E-state index in [2.05, 4.69) is 33.0 Å². The molecule has 3 rings (SSSR count). The molecule has 0 unspecified atom stereocenters. The first-order valence-corrected chi connectivity index (χ1v) is 10.3. The highest BCUT2D eigenvalue weighted by Crippen LogP contribution is 2.35. The van der Waals surface area contributed by atoms with Crippen molar-refractivity contribution in [2.24, 2.45) is 5.92 Å². The van der Waals surface area contributed by atoms with Gasteiger partial charge < -0.3 is 10.1 Å². The van der Waals surface area contributed by atoms with Crippen LogP contribution in [0.5, 0.6) is 5.75 Å². The maximum atomic E-state index is 12.8. The van der Waals surface area contributed by atoms with Gasteiger partial charge in [0.2, 0.25) is 0 Å². The van der Waals surface area contributed by atoms with Gasteiger partial charge in [0.25, 0.3) is 0 Å². The van der Waals surface area contributed by atoms with E-state index in [1.165, 1.54) is 19.3 Å². The van der Waals surface area contributed by atoms with E-state index in [9.17, 15) is 4.79 Å². The Hall–Kier alpha value is -1.35. The Kier molecular flexibility index (Phi) is 5.76.